The van der Waals surface area contributed by atoms with Crippen molar-refractivity contribution < 1.29 is 13.5 Å². The molecule has 1 atom stereocenters. The second kappa shape index (κ2) is 8.73. The molecular formula is C17H23N3O3S. The van der Waals surface area contributed by atoms with Crippen LogP contribution in [-0.2, 0) is 34.2 Å². The number of anilines is 1. The van der Waals surface area contributed by atoms with Gasteiger partial charge in [-0.3, -0.25) is 9.00 Å². The van der Waals surface area contributed by atoms with Crippen molar-refractivity contribution in [1.29, 1.82) is 0 Å². The lowest BCUT2D eigenvalue weighted by Gasteiger charge is -2.09. The maximum absolute atomic E-state index is 12.1. The molecule has 1 aromatic heterocycles. The molecule has 1 heterocycles. The van der Waals surface area contributed by atoms with Crippen molar-refractivity contribution in [2.24, 2.45) is 5.92 Å². The molecule has 24 heavy (non-hydrogen) atoms. The van der Waals surface area contributed by atoms with Crippen LogP contribution >= 0.6 is 0 Å². The van der Waals surface area contributed by atoms with Crippen LogP contribution in [0.15, 0.2) is 28.8 Å². The number of aryl methyl sites for hydroxylation is 1. The molecule has 0 spiro atoms. The summed E-state index contributed by atoms with van der Waals surface area (Å²) in [6, 6.07) is 7.60. The average Bonchev–Trinajstić information content (AvgIpc) is 2.93. The Bertz CT molecular complexity index is 713. The normalized spacial score (nSPS) is 12.3. The first-order valence-electron chi connectivity index (χ1n) is 8.02. The molecule has 1 amide bonds. The molecule has 2 aromatic rings. The fourth-order valence-corrected chi connectivity index (χ4v) is 3.13. The second-order valence-electron chi connectivity index (χ2n) is 5.99. The fraction of sp³-hybridized carbons (Fsp3) is 0.471. The van der Waals surface area contributed by atoms with Gasteiger partial charge in [-0.25, -0.2) is 0 Å². The first-order valence-corrected chi connectivity index (χ1v) is 9.51. The van der Waals surface area contributed by atoms with Gasteiger partial charge in [-0.05, 0) is 24.0 Å². The minimum atomic E-state index is -1.38. The van der Waals surface area contributed by atoms with Gasteiger partial charge in [0.25, 0.3) is 0 Å². The molecule has 0 aliphatic rings. The number of nitrogens with one attached hydrogen (secondary N) is 1. The lowest BCUT2D eigenvalue weighted by atomic mass is 10.1. The summed E-state index contributed by atoms with van der Waals surface area (Å²) in [6.07, 6.45) is 1.51. The highest BCUT2D eigenvalue weighted by molar-refractivity contribution is 7.84. The van der Waals surface area contributed by atoms with Gasteiger partial charge in [0.1, 0.15) is 5.75 Å². The van der Waals surface area contributed by atoms with E-state index in [1.54, 1.807) is 0 Å². The molecule has 1 unspecified atom stereocenters. The number of carbonyl (C=O) groups is 1. The molecule has 0 aliphatic heterocycles. The molecule has 0 fully saturated rings. The molecule has 2 rings (SSSR count). The molecule has 1 N–H and O–H groups in total. The standard InChI is InChI=1S/C17H23N3O3S/c1-4-13-7-5-6-8-14(13)18-16(21)11-24(22)10-15-19-17(23-20-15)9-12(2)3/h5-8,12H,4,9-11H2,1-3H3,(H,18,21). The highest BCUT2D eigenvalue weighted by Crippen LogP contribution is 2.15. The van der Waals surface area contributed by atoms with Crippen LogP contribution in [-0.4, -0.2) is 26.0 Å². The maximum atomic E-state index is 12.1. The van der Waals surface area contributed by atoms with Gasteiger partial charge in [-0.1, -0.05) is 44.1 Å². The molecular weight excluding hydrogens is 326 g/mol. The number of nitrogens with zero attached hydrogens (tertiary/aromatic N) is 2. The van der Waals surface area contributed by atoms with Crippen molar-refractivity contribution in [3.63, 3.8) is 0 Å². The minimum absolute atomic E-state index is 0.0912. The molecule has 6 nitrogen and oxygen atoms in total. The third kappa shape index (κ3) is 5.56. The summed E-state index contributed by atoms with van der Waals surface area (Å²) >= 11 is 0. The van der Waals surface area contributed by atoms with Crippen LogP contribution in [0.5, 0.6) is 0 Å². The van der Waals surface area contributed by atoms with E-state index in [4.69, 9.17) is 4.52 Å². The van der Waals surface area contributed by atoms with Crippen molar-refractivity contribution in [1.82, 2.24) is 10.1 Å². The molecule has 0 saturated carbocycles. The molecule has 7 heteroatoms. The number of amides is 1. The summed E-state index contributed by atoms with van der Waals surface area (Å²) < 4.78 is 17.2. The van der Waals surface area contributed by atoms with Gasteiger partial charge in [0.05, 0.1) is 5.75 Å². The zero-order valence-corrected chi connectivity index (χ0v) is 15.1. The summed E-state index contributed by atoms with van der Waals surface area (Å²) in [5.74, 6) is 1.08. The number of hydrogen-bond donors (Lipinski definition) is 1. The fourth-order valence-electron chi connectivity index (χ4n) is 2.26. The lowest BCUT2D eigenvalue weighted by molar-refractivity contribution is -0.113. The summed E-state index contributed by atoms with van der Waals surface area (Å²) in [4.78, 5) is 16.3. The number of hydrogen-bond acceptors (Lipinski definition) is 5. The van der Waals surface area contributed by atoms with E-state index < -0.39 is 10.8 Å². The van der Waals surface area contributed by atoms with Crippen LogP contribution in [0.4, 0.5) is 5.69 Å². The van der Waals surface area contributed by atoms with Crippen LogP contribution < -0.4 is 5.32 Å². The van der Waals surface area contributed by atoms with E-state index >= 15 is 0 Å². The highest BCUT2D eigenvalue weighted by atomic mass is 32.2. The Morgan fingerprint density at radius 1 is 1.33 bits per heavy atom. The summed E-state index contributed by atoms with van der Waals surface area (Å²) in [5.41, 5.74) is 1.81. The highest BCUT2D eigenvalue weighted by Gasteiger charge is 2.14. The van der Waals surface area contributed by atoms with Crippen molar-refractivity contribution in [2.75, 3.05) is 11.1 Å². The van der Waals surface area contributed by atoms with Crippen molar-refractivity contribution in [2.45, 2.75) is 39.4 Å². The van der Waals surface area contributed by atoms with Gasteiger partial charge in [-0.2, -0.15) is 4.98 Å². The molecule has 130 valence electrons. The Morgan fingerprint density at radius 2 is 2.08 bits per heavy atom. The first kappa shape index (κ1) is 18.3. The number of carbonyl (C=O) groups excluding carboxylic acids is 1. The Hall–Kier alpha value is -2.02. The van der Waals surface area contributed by atoms with Crippen molar-refractivity contribution in [3.05, 3.63) is 41.5 Å². The van der Waals surface area contributed by atoms with E-state index in [0.717, 1.165) is 17.7 Å². The van der Waals surface area contributed by atoms with Crippen molar-refractivity contribution >= 4 is 22.4 Å². The number of rotatable bonds is 8. The predicted octanol–water partition coefficient (Wildman–Crippen LogP) is 2.72. The Balaban J connectivity index is 1.87. The largest absolute Gasteiger partial charge is 0.339 e. The zero-order valence-electron chi connectivity index (χ0n) is 14.2. The van der Waals surface area contributed by atoms with Crippen molar-refractivity contribution in [3.8, 4) is 0 Å². The van der Waals surface area contributed by atoms with Gasteiger partial charge in [-0.15, -0.1) is 0 Å². The molecule has 0 aliphatic carbocycles. The van der Waals surface area contributed by atoms with Gasteiger partial charge < -0.3 is 9.84 Å². The van der Waals surface area contributed by atoms with E-state index in [9.17, 15) is 9.00 Å². The third-order valence-corrected chi connectivity index (χ3v) is 4.51. The van der Waals surface area contributed by atoms with E-state index in [0.29, 0.717) is 24.1 Å². The molecule has 0 saturated heterocycles. The maximum Gasteiger partial charge on any atom is 0.237 e. The Kier molecular flexibility index (Phi) is 6.66. The van der Waals surface area contributed by atoms with Crippen LogP contribution in [0.3, 0.4) is 0 Å². The van der Waals surface area contributed by atoms with E-state index in [1.165, 1.54) is 0 Å². The topological polar surface area (TPSA) is 85.1 Å². The lowest BCUT2D eigenvalue weighted by Crippen LogP contribution is -2.21. The number of aromatic nitrogens is 2. The van der Waals surface area contributed by atoms with Gasteiger partial charge in [0, 0.05) is 22.9 Å². The summed E-state index contributed by atoms with van der Waals surface area (Å²) in [6.45, 7) is 6.13. The summed E-state index contributed by atoms with van der Waals surface area (Å²) in [7, 11) is -1.38. The number of para-hydroxylation sites is 1. The van der Waals surface area contributed by atoms with E-state index in [-0.39, 0.29) is 17.4 Å². The van der Waals surface area contributed by atoms with Gasteiger partial charge >= 0.3 is 0 Å². The Labute approximate surface area is 144 Å². The molecule has 1 aromatic carbocycles. The first-order chi connectivity index (χ1) is 11.5. The second-order valence-corrected chi connectivity index (χ2v) is 7.45. The minimum Gasteiger partial charge on any atom is -0.339 e. The predicted molar refractivity (Wildman–Crippen MR) is 94.0 cm³/mol. The van der Waals surface area contributed by atoms with Crippen LogP contribution in [0.1, 0.15) is 38.0 Å². The van der Waals surface area contributed by atoms with E-state index in [2.05, 4.69) is 29.3 Å². The molecule has 0 radical (unpaired) electrons. The molecule has 0 bridgehead atoms. The van der Waals surface area contributed by atoms with Crippen LogP contribution in [0.2, 0.25) is 0 Å². The van der Waals surface area contributed by atoms with Crippen LogP contribution in [0, 0.1) is 5.92 Å². The SMILES string of the molecule is CCc1ccccc1NC(=O)CS(=O)Cc1noc(CC(C)C)n1. The third-order valence-electron chi connectivity index (χ3n) is 3.35. The zero-order chi connectivity index (χ0) is 17.5. The quantitative estimate of drug-likeness (QED) is 0.792. The van der Waals surface area contributed by atoms with E-state index in [1.807, 2.05) is 31.2 Å². The summed E-state index contributed by atoms with van der Waals surface area (Å²) in [5, 5.41) is 6.63. The Morgan fingerprint density at radius 3 is 2.79 bits per heavy atom. The van der Waals surface area contributed by atoms with Gasteiger partial charge in [0.2, 0.25) is 11.8 Å². The smallest absolute Gasteiger partial charge is 0.237 e. The average molecular weight is 349 g/mol. The van der Waals surface area contributed by atoms with Gasteiger partial charge in [0.15, 0.2) is 5.82 Å². The van der Waals surface area contributed by atoms with Crippen LogP contribution in [0.25, 0.3) is 0 Å². The monoisotopic (exact) mass is 349 g/mol. The number of benzene rings is 1.